The summed E-state index contributed by atoms with van der Waals surface area (Å²) in [4.78, 5) is 58.6. The standard InChI is InChI=1S/C45H59N11O6/c1-45(2,61)40-34(48-42(58)33-25-47-54-22-19-37(49-41(33)54)46-24-28-9-10-28)27-55(51-40)31-13-11-29(12-14-31)26-53-20-17-32(18-21-53)62-23-5-7-30-6-4-8-35-39(30)52(3)44(60)56(35)36-15-16-38(57)50-43(36)59/h4,6,8,19,22,25,27-29,31-32,36,61H,5,7,9-18,20-21,23-24,26H2,1-3H3,(H,46,49)(H,48,58)(H,50,57,59)/t29-,31-,36?. The Hall–Kier alpha value is -5.39. The maximum Gasteiger partial charge on any atom is 0.329 e. The van der Waals surface area contributed by atoms with E-state index in [2.05, 4.69) is 30.9 Å². The number of para-hydroxylation sites is 1. The summed E-state index contributed by atoms with van der Waals surface area (Å²) in [6.45, 7) is 7.98. The van der Waals surface area contributed by atoms with Crippen LogP contribution < -0.4 is 21.6 Å². The highest BCUT2D eigenvalue weighted by Gasteiger charge is 2.33. The molecule has 330 valence electrons. The fourth-order valence-electron chi connectivity index (χ4n) is 9.69. The van der Waals surface area contributed by atoms with Crippen molar-refractivity contribution in [3.8, 4) is 0 Å². The van der Waals surface area contributed by atoms with E-state index in [1.165, 1.54) is 23.6 Å². The molecule has 6 heterocycles. The fourth-order valence-corrected chi connectivity index (χ4v) is 9.69. The number of nitrogens with one attached hydrogen (secondary N) is 3. The minimum atomic E-state index is -1.26. The van der Waals surface area contributed by atoms with Crippen molar-refractivity contribution in [2.45, 2.75) is 115 Å². The van der Waals surface area contributed by atoms with Crippen LogP contribution >= 0.6 is 0 Å². The third kappa shape index (κ3) is 8.93. The molecule has 5 aromatic rings. The second-order valence-corrected chi connectivity index (χ2v) is 18.5. The third-order valence-corrected chi connectivity index (χ3v) is 13.3. The summed E-state index contributed by atoms with van der Waals surface area (Å²) in [6.07, 6.45) is 16.1. The first kappa shape index (κ1) is 41.9. The summed E-state index contributed by atoms with van der Waals surface area (Å²) in [6, 6.07) is 7.18. The summed E-state index contributed by atoms with van der Waals surface area (Å²) in [5, 5.41) is 29.1. The number of piperidine rings is 2. The smallest absolute Gasteiger partial charge is 0.329 e. The van der Waals surface area contributed by atoms with Crippen molar-refractivity contribution in [3.05, 3.63) is 70.2 Å². The first-order chi connectivity index (χ1) is 29.9. The number of aryl methyl sites for hydroxylation is 2. The van der Waals surface area contributed by atoms with Crippen LogP contribution in [0.25, 0.3) is 16.7 Å². The largest absolute Gasteiger partial charge is 0.384 e. The molecular weight excluding hydrogens is 791 g/mol. The molecule has 2 aliphatic heterocycles. The lowest BCUT2D eigenvalue weighted by atomic mass is 9.85. The average molecular weight is 850 g/mol. The van der Waals surface area contributed by atoms with Gasteiger partial charge in [0.05, 0.1) is 35.1 Å². The number of likely N-dealkylation sites (tertiary alicyclic amines) is 1. The highest BCUT2D eigenvalue weighted by atomic mass is 16.5. The van der Waals surface area contributed by atoms with E-state index in [1.807, 2.05) is 35.1 Å². The van der Waals surface area contributed by atoms with Gasteiger partial charge in [-0.1, -0.05) is 12.1 Å². The van der Waals surface area contributed by atoms with E-state index in [9.17, 15) is 24.3 Å². The molecular formula is C45H59N11O6. The van der Waals surface area contributed by atoms with E-state index < -0.39 is 17.6 Å². The van der Waals surface area contributed by atoms with Crippen molar-refractivity contribution in [2.24, 2.45) is 18.9 Å². The lowest BCUT2D eigenvalue weighted by Gasteiger charge is -2.36. The van der Waals surface area contributed by atoms with Crippen LogP contribution in [0.5, 0.6) is 0 Å². The second-order valence-electron chi connectivity index (χ2n) is 18.5. The number of benzene rings is 1. The van der Waals surface area contributed by atoms with Crippen molar-refractivity contribution >= 4 is 45.9 Å². The zero-order valence-corrected chi connectivity index (χ0v) is 36.0. The van der Waals surface area contributed by atoms with Crippen LogP contribution in [0, 0.1) is 11.8 Å². The van der Waals surface area contributed by atoms with Crippen LogP contribution in [0.4, 0.5) is 11.5 Å². The molecule has 4 aliphatic rings. The average Bonchev–Trinajstić information content (AvgIpc) is 3.73. The molecule has 1 atom stereocenters. The number of aliphatic hydroxyl groups is 1. The first-order valence-corrected chi connectivity index (χ1v) is 22.5. The predicted octanol–water partition coefficient (Wildman–Crippen LogP) is 4.70. The predicted molar refractivity (Wildman–Crippen MR) is 233 cm³/mol. The van der Waals surface area contributed by atoms with Gasteiger partial charge < -0.3 is 25.4 Å². The molecule has 17 heteroatoms. The molecule has 4 fully saturated rings. The minimum absolute atomic E-state index is 0.179. The second kappa shape index (κ2) is 17.4. The van der Waals surface area contributed by atoms with Crippen molar-refractivity contribution in [1.29, 1.82) is 0 Å². The topological polar surface area (TPSA) is 195 Å². The molecule has 0 bridgehead atoms. The zero-order valence-electron chi connectivity index (χ0n) is 36.0. The molecule has 1 aromatic carbocycles. The summed E-state index contributed by atoms with van der Waals surface area (Å²) in [7, 11) is 1.74. The van der Waals surface area contributed by atoms with Crippen LogP contribution in [-0.4, -0.2) is 100 Å². The maximum atomic E-state index is 13.6. The Bertz CT molecular complexity index is 2510. The molecule has 2 saturated carbocycles. The molecule has 2 saturated heterocycles. The van der Waals surface area contributed by atoms with E-state index in [0.717, 1.165) is 88.6 Å². The van der Waals surface area contributed by atoms with Crippen molar-refractivity contribution in [3.63, 3.8) is 0 Å². The van der Waals surface area contributed by atoms with Gasteiger partial charge in [-0.2, -0.15) is 10.2 Å². The number of amides is 3. The van der Waals surface area contributed by atoms with Gasteiger partial charge in [0.15, 0.2) is 5.65 Å². The third-order valence-electron chi connectivity index (χ3n) is 13.3. The highest BCUT2D eigenvalue weighted by molar-refractivity contribution is 6.08. The monoisotopic (exact) mass is 849 g/mol. The van der Waals surface area contributed by atoms with Crippen molar-refractivity contribution in [2.75, 3.05) is 43.4 Å². The summed E-state index contributed by atoms with van der Waals surface area (Å²) >= 11 is 0. The molecule has 4 aromatic heterocycles. The Morgan fingerprint density at radius 1 is 1.00 bits per heavy atom. The Labute approximate surface area is 360 Å². The Morgan fingerprint density at radius 2 is 1.77 bits per heavy atom. The number of hydrogen-bond acceptors (Lipinski definition) is 11. The number of rotatable bonds is 15. The number of imidazole rings is 1. The quantitative estimate of drug-likeness (QED) is 0.0843. The van der Waals surface area contributed by atoms with Gasteiger partial charge in [0.1, 0.15) is 28.7 Å². The van der Waals surface area contributed by atoms with Gasteiger partial charge in [-0.15, -0.1) is 0 Å². The summed E-state index contributed by atoms with van der Waals surface area (Å²) in [5.74, 6) is 0.927. The maximum absolute atomic E-state index is 13.6. The van der Waals surface area contributed by atoms with Crippen molar-refractivity contribution < 1.29 is 24.2 Å². The van der Waals surface area contributed by atoms with Crippen molar-refractivity contribution in [1.82, 2.24) is 43.7 Å². The highest BCUT2D eigenvalue weighted by Crippen LogP contribution is 2.36. The number of nitrogens with zero attached hydrogens (tertiary/aromatic N) is 8. The zero-order chi connectivity index (χ0) is 43.1. The molecule has 3 amide bonds. The minimum Gasteiger partial charge on any atom is -0.384 e. The number of fused-ring (bicyclic) bond motifs is 2. The summed E-state index contributed by atoms with van der Waals surface area (Å²) < 4.78 is 13.1. The lowest BCUT2D eigenvalue weighted by molar-refractivity contribution is -0.135. The normalized spacial score (nSPS) is 21.8. The number of carbonyl (C=O) groups excluding carboxylic acids is 3. The molecule has 9 rings (SSSR count). The lowest BCUT2D eigenvalue weighted by Crippen LogP contribution is -2.44. The van der Waals surface area contributed by atoms with E-state index in [0.29, 0.717) is 58.8 Å². The van der Waals surface area contributed by atoms with Crippen LogP contribution in [0.1, 0.15) is 118 Å². The van der Waals surface area contributed by atoms with Gasteiger partial charge in [-0.3, -0.25) is 33.5 Å². The van der Waals surface area contributed by atoms with Gasteiger partial charge in [0.25, 0.3) is 5.91 Å². The van der Waals surface area contributed by atoms with E-state index in [-0.39, 0.29) is 36.1 Å². The van der Waals surface area contributed by atoms with E-state index in [4.69, 9.17) is 9.84 Å². The van der Waals surface area contributed by atoms with Gasteiger partial charge >= 0.3 is 5.69 Å². The number of anilines is 2. The Balaban J connectivity index is 0.733. The molecule has 2 aliphatic carbocycles. The van der Waals surface area contributed by atoms with Gasteiger partial charge in [-0.25, -0.2) is 14.3 Å². The Morgan fingerprint density at radius 3 is 2.52 bits per heavy atom. The molecule has 0 radical (unpaired) electrons. The molecule has 1 unspecified atom stereocenters. The number of aromatic nitrogens is 7. The van der Waals surface area contributed by atoms with E-state index in [1.54, 1.807) is 36.2 Å². The van der Waals surface area contributed by atoms with Gasteiger partial charge in [0, 0.05) is 58.6 Å². The fraction of sp³-hybridized carbons (Fsp3) is 0.578. The Kier molecular flexibility index (Phi) is 11.8. The van der Waals surface area contributed by atoms with Gasteiger partial charge in [0.2, 0.25) is 11.8 Å². The number of imide groups is 1. The van der Waals surface area contributed by atoms with Crippen LogP contribution in [-0.2, 0) is 33.4 Å². The number of carbonyl (C=O) groups is 3. The van der Waals surface area contributed by atoms with Crippen LogP contribution in [0.3, 0.4) is 0 Å². The van der Waals surface area contributed by atoms with Crippen LogP contribution in [0.2, 0.25) is 0 Å². The molecule has 4 N–H and O–H groups in total. The molecule has 17 nitrogen and oxygen atoms in total. The van der Waals surface area contributed by atoms with E-state index >= 15 is 0 Å². The van der Waals surface area contributed by atoms with Crippen LogP contribution in [0.15, 0.2) is 47.7 Å². The number of hydrogen-bond donors (Lipinski definition) is 4. The molecule has 62 heavy (non-hydrogen) atoms. The SMILES string of the molecule is Cn1c(=O)n(C2CCC(=O)NC2=O)c2cccc(CCCOC3CCN(C[C@H]4CC[C@H](n5cc(NC(=O)c6cnn7ccc(NCC8CC8)nc67)c(C(C)(C)O)n5)CC4)CC3)c21. The first-order valence-electron chi connectivity index (χ1n) is 22.5. The summed E-state index contributed by atoms with van der Waals surface area (Å²) in [5.41, 5.74) is 2.81. The number of ether oxygens (including phenoxy) is 1. The van der Waals surface area contributed by atoms with Gasteiger partial charge in [-0.05, 0) is 114 Å². The molecule has 0 spiro atoms.